The molecule has 1 atom stereocenters. The molecule has 1 aliphatic heterocycles. The summed E-state index contributed by atoms with van der Waals surface area (Å²) in [6, 6.07) is 0.519. The van der Waals surface area contributed by atoms with Crippen LogP contribution in [0.25, 0.3) is 0 Å². The summed E-state index contributed by atoms with van der Waals surface area (Å²) in [6.07, 6.45) is 3.19. The summed E-state index contributed by atoms with van der Waals surface area (Å²) < 4.78 is 10.5. The Hall–Kier alpha value is -1.73. The van der Waals surface area contributed by atoms with E-state index in [2.05, 4.69) is 32.1 Å². The molecule has 0 bridgehead atoms. The van der Waals surface area contributed by atoms with Gasteiger partial charge >= 0.3 is 0 Å². The molecule has 1 fully saturated rings. The maximum Gasteiger partial charge on any atom is 0.226 e. The number of hydrogen-bond acceptors (Lipinski definition) is 7. The van der Waals surface area contributed by atoms with Crippen molar-refractivity contribution in [1.82, 2.24) is 25.1 Å². The summed E-state index contributed by atoms with van der Waals surface area (Å²) in [5.41, 5.74) is 2.20. The van der Waals surface area contributed by atoms with Crippen molar-refractivity contribution in [2.75, 3.05) is 20.1 Å². The van der Waals surface area contributed by atoms with Gasteiger partial charge in [-0.3, -0.25) is 9.80 Å². The highest BCUT2D eigenvalue weighted by Gasteiger charge is 2.25. The van der Waals surface area contributed by atoms with Crippen molar-refractivity contribution >= 4 is 0 Å². The van der Waals surface area contributed by atoms with Gasteiger partial charge in [-0.05, 0) is 40.3 Å². The van der Waals surface area contributed by atoms with Crippen LogP contribution < -0.4 is 0 Å². The summed E-state index contributed by atoms with van der Waals surface area (Å²) in [5.74, 6) is 2.43. The highest BCUT2D eigenvalue weighted by Crippen LogP contribution is 2.21. The fourth-order valence-electron chi connectivity index (χ4n) is 3.34. The molecule has 3 rings (SSSR count). The Morgan fingerprint density at radius 1 is 1.25 bits per heavy atom. The first-order valence-electron chi connectivity index (χ1n) is 8.72. The number of piperidine rings is 1. The third-order valence-corrected chi connectivity index (χ3v) is 4.87. The van der Waals surface area contributed by atoms with Gasteiger partial charge in [0.2, 0.25) is 5.89 Å². The molecule has 0 unspecified atom stereocenters. The molecule has 0 radical (unpaired) electrons. The SMILES string of the molecule is CCc1nc(CN2CCC[C@H](N(C)Cc3c(C)noc3C)C2)no1. The van der Waals surface area contributed by atoms with E-state index in [0.717, 1.165) is 49.9 Å². The van der Waals surface area contributed by atoms with Crippen molar-refractivity contribution in [1.29, 1.82) is 0 Å². The van der Waals surface area contributed by atoms with E-state index >= 15 is 0 Å². The van der Waals surface area contributed by atoms with Gasteiger partial charge in [0.1, 0.15) is 5.76 Å². The zero-order chi connectivity index (χ0) is 17.1. The Morgan fingerprint density at radius 3 is 2.75 bits per heavy atom. The zero-order valence-electron chi connectivity index (χ0n) is 15.1. The lowest BCUT2D eigenvalue weighted by molar-refractivity contribution is 0.104. The second-order valence-electron chi connectivity index (χ2n) is 6.71. The monoisotopic (exact) mass is 333 g/mol. The number of rotatable bonds is 6. The summed E-state index contributed by atoms with van der Waals surface area (Å²) >= 11 is 0. The topological polar surface area (TPSA) is 71.4 Å². The number of likely N-dealkylation sites (tertiary alicyclic amines) is 1. The van der Waals surface area contributed by atoms with Gasteiger partial charge in [-0.1, -0.05) is 17.2 Å². The van der Waals surface area contributed by atoms with Crippen LogP contribution >= 0.6 is 0 Å². The van der Waals surface area contributed by atoms with Crippen molar-refractivity contribution in [2.45, 2.75) is 59.2 Å². The quantitative estimate of drug-likeness (QED) is 0.803. The zero-order valence-corrected chi connectivity index (χ0v) is 15.1. The van der Waals surface area contributed by atoms with Crippen molar-refractivity contribution in [3.63, 3.8) is 0 Å². The van der Waals surface area contributed by atoms with Crippen LogP contribution in [0.4, 0.5) is 0 Å². The van der Waals surface area contributed by atoms with Gasteiger partial charge in [0, 0.05) is 31.1 Å². The largest absolute Gasteiger partial charge is 0.361 e. The first kappa shape index (κ1) is 17.1. The number of likely N-dealkylation sites (N-methyl/N-ethyl adjacent to an activating group) is 1. The first-order chi connectivity index (χ1) is 11.6. The molecule has 0 N–H and O–H groups in total. The van der Waals surface area contributed by atoms with Crippen molar-refractivity contribution in [3.8, 4) is 0 Å². The maximum atomic E-state index is 5.28. The summed E-state index contributed by atoms with van der Waals surface area (Å²) in [7, 11) is 2.18. The van der Waals surface area contributed by atoms with Crippen LogP contribution in [0.5, 0.6) is 0 Å². The number of aryl methyl sites for hydroxylation is 3. The Kier molecular flexibility index (Phi) is 5.30. The molecule has 0 saturated carbocycles. The van der Waals surface area contributed by atoms with E-state index in [4.69, 9.17) is 9.05 Å². The Balaban J connectivity index is 1.58. The van der Waals surface area contributed by atoms with E-state index in [9.17, 15) is 0 Å². The lowest BCUT2D eigenvalue weighted by Crippen LogP contribution is -2.46. The van der Waals surface area contributed by atoms with Crippen LogP contribution in [0.2, 0.25) is 0 Å². The lowest BCUT2D eigenvalue weighted by Gasteiger charge is -2.37. The fraction of sp³-hybridized carbons (Fsp3) is 0.706. The highest BCUT2D eigenvalue weighted by molar-refractivity contribution is 5.20. The van der Waals surface area contributed by atoms with Gasteiger partial charge in [0.25, 0.3) is 0 Å². The van der Waals surface area contributed by atoms with Crippen molar-refractivity contribution < 1.29 is 9.05 Å². The second kappa shape index (κ2) is 7.44. The minimum atomic E-state index is 0.519. The molecule has 1 saturated heterocycles. The lowest BCUT2D eigenvalue weighted by atomic mass is 10.0. The highest BCUT2D eigenvalue weighted by atomic mass is 16.5. The minimum Gasteiger partial charge on any atom is -0.361 e. The van der Waals surface area contributed by atoms with E-state index in [1.54, 1.807) is 0 Å². The maximum absolute atomic E-state index is 5.28. The minimum absolute atomic E-state index is 0.519. The standard InChI is InChI=1S/C17H27N5O2/c1-5-17-18-16(20-24-17)11-22-8-6-7-14(9-22)21(4)10-15-12(2)19-23-13(15)3/h14H,5-11H2,1-4H3/t14-/m0/s1. The predicted octanol–water partition coefficient (Wildman–Crippen LogP) is 2.33. The van der Waals surface area contributed by atoms with Crippen molar-refractivity contribution in [2.24, 2.45) is 0 Å². The van der Waals surface area contributed by atoms with Crippen LogP contribution in [0.1, 0.15) is 48.5 Å². The van der Waals surface area contributed by atoms with E-state index in [1.807, 2.05) is 20.8 Å². The number of aromatic nitrogens is 3. The van der Waals surface area contributed by atoms with Crippen LogP contribution in [0.3, 0.4) is 0 Å². The van der Waals surface area contributed by atoms with Gasteiger partial charge in [-0.2, -0.15) is 4.98 Å². The molecule has 2 aromatic heterocycles. The summed E-state index contributed by atoms with van der Waals surface area (Å²) in [6.45, 7) is 9.77. The molecule has 2 aromatic rings. The van der Waals surface area contributed by atoms with Crippen LogP contribution in [0.15, 0.2) is 9.05 Å². The number of hydrogen-bond donors (Lipinski definition) is 0. The average Bonchev–Trinajstić information content (AvgIpc) is 3.16. The van der Waals surface area contributed by atoms with E-state index in [-0.39, 0.29) is 0 Å². The second-order valence-corrected chi connectivity index (χ2v) is 6.71. The molecule has 0 aromatic carbocycles. The van der Waals surface area contributed by atoms with Crippen LogP contribution in [-0.4, -0.2) is 51.3 Å². The van der Waals surface area contributed by atoms with Gasteiger partial charge in [0.05, 0.1) is 12.2 Å². The third kappa shape index (κ3) is 3.84. The molecule has 132 valence electrons. The molecule has 7 nitrogen and oxygen atoms in total. The van der Waals surface area contributed by atoms with Gasteiger partial charge in [0.15, 0.2) is 5.82 Å². The van der Waals surface area contributed by atoms with Gasteiger partial charge in [-0.15, -0.1) is 0 Å². The molecule has 0 aliphatic carbocycles. The summed E-state index contributed by atoms with van der Waals surface area (Å²) in [4.78, 5) is 9.25. The Labute approximate surface area is 143 Å². The number of nitrogens with zero attached hydrogens (tertiary/aromatic N) is 5. The molecule has 3 heterocycles. The molecule has 0 spiro atoms. The molecule has 24 heavy (non-hydrogen) atoms. The normalized spacial score (nSPS) is 19.3. The molecule has 0 amide bonds. The molecule has 7 heteroatoms. The van der Waals surface area contributed by atoms with Crippen LogP contribution in [-0.2, 0) is 19.5 Å². The van der Waals surface area contributed by atoms with E-state index < -0.39 is 0 Å². The smallest absolute Gasteiger partial charge is 0.226 e. The third-order valence-electron chi connectivity index (χ3n) is 4.87. The predicted molar refractivity (Wildman–Crippen MR) is 89.4 cm³/mol. The van der Waals surface area contributed by atoms with E-state index in [0.29, 0.717) is 11.9 Å². The first-order valence-corrected chi connectivity index (χ1v) is 8.72. The van der Waals surface area contributed by atoms with Gasteiger partial charge in [-0.25, -0.2) is 0 Å². The molecule has 1 aliphatic rings. The Morgan fingerprint density at radius 2 is 2.08 bits per heavy atom. The molecular weight excluding hydrogens is 306 g/mol. The van der Waals surface area contributed by atoms with Crippen molar-refractivity contribution in [3.05, 3.63) is 28.7 Å². The summed E-state index contributed by atoms with van der Waals surface area (Å²) in [5, 5.41) is 8.13. The van der Waals surface area contributed by atoms with Gasteiger partial charge < -0.3 is 9.05 Å². The fourth-order valence-corrected chi connectivity index (χ4v) is 3.34. The van der Waals surface area contributed by atoms with Crippen LogP contribution in [0, 0.1) is 13.8 Å². The molecular formula is C17H27N5O2. The Bertz CT molecular complexity index is 646. The average molecular weight is 333 g/mol. The van der Waals surface area contributed by atoms with E-state index in [1.165, 1.54) is 18.4 Å².